The maximum atomic E-state index is 12.2. The molecule has 0 bridgehead atoms. The number of hydrogen-bond donors (Lipinski definition) is 0. The van der Waals surface area contributed by atoms with Gasteiger partial charge in [0, 0.05) is 17.0 Å². The molecular weight excluding hydrogens is 312 g/mol. The van der Waals surface area contributed by atoms with E-state index in [0.717, 1.165) is 37.1 Å². The summed E-state index contributed by atoms with van der Waals surface area (Å²) in [6.07, 6.45) is 1.99. The molecule has 0 unspecified atom stereocenters. The van der Waals surface area contributed by atoms with Gasteiger partial charge in [0.25, 0.3) is 15.8 Å². The van der Waals surface area contributed by atoms with Crippen LogP contribution in [0.25, 0.3) is 10.4 Å². The van der Waals surface area contributed by atoms with Crippen LogP contribution in [0.2, 0.25) is 0 Å². The first-order valence-electron chi connectivity index (χ1n) is 6.66. The zero-order chi connectivity index (χ0) is 16.2. The highest BCUT2D eigenvalue weighted by Crippen LogP contribution is 2.28. The lowest BCUT2D eigenvalue weighted by Gasteiger charge is -2.27. The lowest BCUT2D eigenvalue weighted by Crippen LogP contribution is -2.32. The van der Waals surface area contributed by atoms with Crippen LogP contribution in [0.5, 0.6) is 0 Å². The highest BCUT2D eigenvalue weighted by atomic mass is 32.2. The highest BCUT2D eigenvalue weighted by Gasteiger charge is 2.30. The number of nitrogens with zero attached hydrogens (tertiary/aromatic N) is 4. The largest absolute Gasteiger partial charge is 0.297 e. The van der Waals surface area contributed by atoms with Crippen LogP contribution in [0.4, 0.5) is 5.69 Å². The van der Waals surface area contributed by atoms with Gasteiger partial charge in [0.15, 0.2) is 0 Å². The molecule has 0 aromatic heterocycles. The highest BCUT2D eigenvalue weighted by molar-refractivity contribution is 7.86. The fraction of sp³-hybridized carbons (Fsp3) is 0.500. The van der Waals surface area contributed by atoms with Gasteiger partial charge in [0.05, 0.1) is 22.0 Å². The molecule has 1 saturated carbocycles. The summed E-state index contributed by atoms with van der Waals surface area (Å²) in [6, 6.07) is 3.92. The van der Waals surface area contributed by atoms with Crippen LogP contribution in [0.3, 0.4) is 0 Å². The molecule has 1 aromatic carbocycles. The van der Waals surface area contributed by atoms with Gasteiger partial charge in [-0.1, -0.05) is 18.0 Å². The molecule has 1 fully saturated rings. The van der Waals surface area contributed by atoms with E-state index in [-0.39, 0.29) is 10.6 Å². The molecule has 0 N–H and O–H groups in total. The Kier molecular flexibility index (Phi) is 4.96. The second-order valence-corrected chi connectivity index (χ2v) is 6.47. The number of hydrogen-bond acceptors (Lipinski definition) is 6. The van der Waals surface area contributed by atoms with Crippen molar-refractivity contribution in [2.45, 2.75) is 42.7 Å². The van der Waals surface area contributed by atoms with Gasteiger partial charge in [-0.25, -0.2) is 0 Å². The van der Waals surface area contributed by atoms with E-state index in [0.29, 0.717) is 12.8 Å². The topological polar surface area (TPSA) is 135 Å². The number of azide groups is 1. The Morgan fingerprint density at radius 3 is 2.50 bits per heavy atom. The Bertz CT molecular complexity index is 697. The lowest BCUT2D eigenvalue weighted by atomic mass is 9.93. The molecule has 10 heteroatoms. The van der Waals surface area contributed by atoms with Crippen molar-refractivity contribution in [3.05, 3.63) is 44.8 Å². The Morgan fingerprint density at radius 1 is 1.27 bits per heavy atom. The van der Waals surface area contributed by atoms with Crippen molar-refractivity contribution < 1.29 is 17.5 Å². The van der Waals surface area contributed by atoms with E-state index in [2.05, 4.69) is 10.0 Å². The van der Waals surface area contributed by atoms with Crippen LogP contribution in [-0.4, -0.2) is 25.5 Å². The summed E-state index contributed by atoms with van der Waals surface area (Å²) in [7, 11) is -4.06. The number of benzene rings is 1. The molecule has 1 aliphatic carbocycles. The van der Waals surface area contributed by atoms with Crippen LogP contribution in [0.15, 0.2) is 34.3 Å². The molecule has 0 amide bonds. The second-order valence-electron chi connectivity index (χ2n) is 4.90. The number of rotatable bonds is 5. The molecule has 22 heavy (non-hydrogen) atoms. The van der Waals surface area contributed by atoms with Gasteiger partial charge in [0.1, 0.15) is 0 Å². The van der Waals surface area contributed by atoms with Crippen molar-refractivity contribution in [2.24, 2.45) is 5.11 Å². The Balaban J connectivity index is 2.19. The predicted molar refractivity (Wildman–Crippen MR) is 76.6 cm³/mol. The fourth-order valence-electron chi connectivity index (χ4n) is 2.34. The van der Waals surface area contributed by atoms with Gasteiger partial charge in [0.2, 0.25) is 0 Å². The van der Waals surface area contributed by atoms with Crippen molar-refractivity contribution in [3.8, 4) is 0 Å². The van der Waals surface area contributed by atoms with E-state index >= 15 is 0 Å². The SMILES string of the molecule is [N-]=[N+]=N[C@H]1CCCC[C@H]1OS(=O)(=O)c1ccc([N+](=O)[O-])cc1. The quantitative estimate of drug-likeness (QED) is 0.205. The zero-order valence-electron chi connectivity index (χ0n) is 11.5. The Labute approximate surface area is 126 Å². The molecular formula is C12H14N4O5S. The van der Waals surface area contributed by atoms with Gasteiger partial charge in [-0.05, 0) is 30.5 Å². The first kappa shape index (κ1) is 16.2. The van der Waals surface area contributed by atoms with E-state index in [4.69, 9.17) is 9.71 Å². The van der Waals surface area contributed by atoms with Crippen LogP contribution in [0, 0.1) is 10.1 Å². The third kappa shape index (κ3) is 3.73. The van der Waals surface area contributed by atoms with Crippen molar-refractivity contribution >= 4 is 15.8 Å². The third-order valence-corrected chi connectivity index (χ3v) is 4.80. The van der Waals surface area contributed by atoms with Gasteiger partial charge in [-0.2, -0.15) is 8.42 Å². The molecule has 0 spiro atoms. The molecule has 1 aliphatic rings. The molecule has 2 atom stereocenters. The third-order valence-electron chi connectivity index (χ3n) is 3.45. The molecule has 1 aromatic rings. The zero-order valence-corrected chi connectivity index (χ0v) is 12.3. The maximum Gasteiger partial charge on any atom is 0.297 e. The molecule has 9 nitrogen and oxygen atoms in total. The van der Waals surface area contributed by atoms with Crippen LogP contribution < -0.4 is 0 Å². The number of nitro groups is 1. The summed E-state index contributed by atoms with van der Waals surface area (Å²) in [5, 5.41) is 14.2. The van der Waals surface area contributed by atoms with Crippen molar-refractivity contribution in [3.63, 3.8) is 0 Å². The minimum atomic E-state index is -4.06. The molecule has 0 aliphatic heterocycles. The van der Waals surface area contributed by atoms with E-state index < -0.39 is 27.2 Å². The van der Waals surface area contributed by atoms with Crippen molar-refractivity contribution in [1.82, 2.24) is 0 Å². The van der Waals surface area contributed by atoms with E-state index in [1.165, 1.54) is 0 Å². The van der Waals surface area contributed by atoms with Gasteiger partial charge < -0.3 is 0 Å². The van der Waals surface area contributed by atoms with Crippen molar-refractivity contribution in [2.75, 3.05) is 0 Å². The smallest absolute Gasteiger partial charge is 0.263 e. The monoisotopic (exact) mass is 326 g/mol. The van der Waals surface area contributed by atoms with Gasteiger partial charge >= 0.3 is 0 Å². The summed E-state index contributed by atoms with van der Waals surface area (Å²) in [5.41, 5.74) is 8.32. The molecule has 118 valence electrons. The fourth-order valence-corrected chi connectivity index (χ4v) is 3.47. The predicted octanol–water partition coefficient (Wildman–Crippen LogP) is 2.92. The minimum absolute atomic E-state index is 0.164. The number of non-ortho nitro benzene ring substituents is 1. The first-order valence-corrected chi connectivity index (χ1v) is 8.07. The van der Waals surface area contributed by atoms with Crippen LogP contribution in [0.1, 0.15) is 25.7 Å². The average Bonchev–Trinajstić information content (AvgIpc) is 2.49. The van der Waals surface area contributed by atoms with Gasteiger partial charge in [-0.15, -0.1) is 0 Å². The number of nitro benzene ring substituents is 1. The lowest BCUT2D eigenvalue weighted by molar-refractivity contribution is -0.384. The summed E-state index contributed by atoms with van der Waals surface area (Å²) >= 11 is 0. The van der Waals surface area contributed by atoms with E-state index in [1.54, 1.807) is 0 Å². The molecule has 2 rings (SSSR count). The standard InChI is InChI=1S/C12H14N4O5S/c13-15-14-11-3-1-2-4-12(11)21-22(19,20)10-7-5-9(6-8-10)16(17)18/h5-8,11-12H,1-4H2/t11-,12+/m0/s1. The maximum absolute atomic E-state index is 12.2. The van der Waals surface area contributed by atoms with E-state index in [1.807, 2.05) is 0 Å². The van der Waals surface area contributed by atoms with Crippen LogP contribution in [-0.2, 0) is 14.3 Å². The summed E-state index contributed by atoms with van der Waals surface area (Å²) in [6.45, 7) is 0. The van der Waals surface area contributed by atoms with Crippen LogP contribution >= 0.6 is 0 Å². The molecule has 0 saturated heterocycles. The van der Waals surface area contributed by atoms with Crippen molar-refractivity contribution in [1.29, 1.82) is 0 Å². The van der Waals surface area contributed by atoms with Gasteiger partial charge in [-0.3, -0.25) is 14.3 Å². The van der Waals surface area contributed by atoms with E-state index in [9.17, 15) is 18.5 Å². The molecule has 0 radical (unpaired) electrons. The summed E-state index contributed by atoms with van der Waals surface area (Å²) < 4.78 is 29.6. The minimum Gasteiger partial charge on any atom is -0.263 e. The normalized spacial score (nSPS) is 21.8. The molecule has 0 heterocycles. The Morgan fingerprint density at radius 2 is 1.91 bits per heavy atom. The Hall–Kier alpha value is -2.16. The average molecular weight is 326 g/mol. The second kappa shape index (κ2) is 6.73. The summed E-state index contributed by atoms with van der Waals surface area (Å²) in [5.74, 6) is 0. The summed E-state index contributed by atoms with van der Waals surface area (Å²) in [4.78, 5) is 12.5. The first-order chi connectivity index (χ1) is 10.4.